The minimum Gasteiger partial charge on any atom is -0.434 e. The van der Waals surface area contributed by atoms with Crippen molar-refractivity contribution >= 4 is 21.7 Å². The van der Waals surface area contributed by atoms with Gasteiger partial charge in [0.1, 0.15) is 11.6 Å². The number of hydrogen-bond acceptors (Lipinski definition) is 4. The van der Waals surface area contributed by atoms with Crippen molar-refractivity contribution in [3.8, 4) is 17.1 Å². The number of benzene rings is 1. The zero-order valence-corrected chi connectivity index (χ0v) is 12.9. The van der Waals surface area contributed by atoms with E-state index in [0.717, 1.165) is 13.0 Å². The average molecular weight is 358 g/mol. The summed E-state index contributed by atoms with van der Waals surface area (Å²) in [7, 11) is 0. The summed E-state index contributed by atoms with van der Waals surface area (Å²) in [6.07, 6.45) is 2.52. The van der Waals surface area contributed by atoms with Gasteiger partial charge in [0.2, 0.25) is 0 Å². The van der Waals surface area contributed by atoms with Gasteiger partial charge < -0.3 is 10.1 Å². The Labute approximate surface area is 129 Å². The second-order valence-electron chi connectivity index (χ2n) is 4.19. The van der Waals surface area contributed by atoms with Gasteiger partial charge in [-0.05, 0) is 34.5 Å². The van der Waals surface area contributed by atoms with E-state index in [9.17, 15) is 8.78 Å². The van der Waals surface area contributed by atoms with Crippen LogP contribution < -0.4 is 10.1 Å². The molecule has 1 heterocycles. The highest BCUT2D eigenvalue weighted by Gasteiger charge is 2.14. The van der Waals surface area contributed by atoms with Gasteiger partial charge in [-0.1, -0.05) is 19.1 Å². The lowest BCUT2D eigenvalue weighted by Crippen LogP contribution is -2.06. The van der Waals surface area contributed by atoms with Crippen LogP contribution in [0.15, 0.2) is 34.9 Å². The minimum atomic E-state index is -2.89. The smallest absolute Gasteiger partial charge is 0.387 e. The fourth-order valence-corrected chi connectivity index (χ4v) is 2.05. The Bertz CT molecular complexity index is 611. The van der Waals surface area contributed by atoms with E-state index in [2.05, 4.69) is 36.0 Å². The van der Waals surface area contributed by atoms with Crippen LogP contribution in [0.5, 0.6) is 5.75 Å². The van der Waals surface area contributed by atoms with E-state index in [1.165, 1.54) is 6.07 Å². The summed E-state index contributed by atoms with van der Waals surface area (Å²) in [5.74, 6) is 0.998. The van der Waals surface area contributed by atoms with Crippen molar-refractivity contribution in [2.75, 3.05) is 11.9 Å². The van der Waals surface area contributed by atoms with Gasteiger partial charge >= 0.3 is 6.61 Å². The molecule has 0 amide bonds. The Hall–Kier alpha value is -1.76. The van der Waals surface area contributed by atoms with Gasteiger partial charge in [-0.2, -0.15) is 8.78 Å². The molecule has 0 unspecified atom stereocenters. The zero-order chi connectivity index (χ0) is 15.2. The molecule has 1 aromatic heterocycles. The molecule has 0 radical (unpaired) electrons. The maximum absolute atomic E-state index is 12.4. The number of para-hydroxylation sites is 1. The first-order chi connectivity index (χ1) is 10.1. The van der Waals surface area contributed by atoms with Crippen LogP contribution in [0.3, 0.4) is 0 Å². The van der Waals surface area contributed by atoms with Gasteiger partial charge in [0.25, 0.3) is 0 Å². The summed E-state index contributed by atoms with van der Waals surface area (Å²) in [5, 5.41) is 3.15. The SMILES string of the molecule is CCCNc1nc(-c2ccccc2OC(F)F)ncc1Br. The van der Waals surface area contributed by atoms with Crippen molar-refractivity contribution in [2.45, 2.75) is 20.0 Å². The summed E-state index contributed by atoms with van der Waals surface area (Å²) in [5.41, 5.74) is 0.421. The van der Waals surface area contributed by atoms with Gasteiger partial charge in [-0.15, -0.1) is 0 Å². The first-order valence-corrected chi connectivity index (χ1v) is 7.21. The highest BCUT2D eigenvalue weighted by molar-refractivity contribution is 9.10. The molecule has 0 saturated carbocycles. The van der Waals surface area contributed by atoms with Gasteiger partial charge in [0, 0.05) is 12.7 Å². The Morgan fingerprint density at radius 3 is 2.81 bits per heavy atom. The lowest BCUT2D eigenvalue weighted by atomic mass is 10.2. The van der Waals surface area contributed by atoms with Crippen molar-refractivity contribution < 1.29 is 13.5 Å². The molecule has 4 nitrogen and oxygen atoms in total. The molecule has 112 valence electrons. The number of ether oxygens (including phenoxy) is 1. The van der Waals surface area contributed by atoms with Crippen LogP contribution in [0.4, 0.5) is 14.6 Å². The number of hydrogen-bond donors (Lipinski definition) is 1. The van der Waals surface area contributed by atoms with E-state index in [1.54, 1.807) is 24.4 Å². The topological polar surface area (TPSA) is 47.0 Å². The summed E-state index contributed by atoms with van der Waals surface area (Å²) in [4.78, 5) is 8.52. The van der Waals surface area contributed by atoms with Crippen LogP contribution in [0.1, 0.15) is 13.3 Å². The molecule has 21 heavy (non-hydrogen) atoms. The molecule has 0 aliphatic heterocycles. The molecule has 0 aliphatic carbocycles. The molecule has 0 fully saturated rings. The maximum atomic E-state index is 12.4. The van der Waals surface area contributed by atoms with Crippen LogP contribution in [-0.4, -0.2) is 23.1 Å². The molecular weight excluding hydrogens is 344 g/mol. The fourth-order valence-electron chi connectivity index (χ4n) is 1.71. The molecule has 2 aromatic rings. The van der Waals surface area contributed by atoms with Gasteiger partial charge in [0.15, 0.2) is 5.82 Å². The van der Waals surface area contributed by atoms with Gasteiger partial charge in [0.05, 0.1) is 10.0 Å². The summed E-state index contributed by atoms with van der Waals surface area (Å²) >= 11 is 3.35. The first kappa shape index (κ1) is 15.6. The van der Waals surface area contributed by atoms with Crippen molar-refractivity contribution in [1.82, 2.24) is 9.97 Å². The van der Waals surface area contributed by atoms with E-state index in [4.69, 9.17) is 0 Å². The fraction of sp³-hybridized carbons (Fsp3) is 0.286. The molecule has 0 atom stereocenters. The van der Waals surface area contributed by atoms with Crippen LogP contribution in [0.2, 0.25) is 0 Å². The van der Waals surface area contributed by atoms with Crippen LogP contribution in [0.25, 0.3) is 11.4 Å². The lowest BCUT2D eigenvalue weighted by Gasteiger charge is -2.11. The van der Waals surface area contributed by atoms with Gasteiger partial charge in [-0.3, -0.25) is 0 Å². The monoisotopic (exact) mass is 357 g/mol. The highest BCUT2D eigenvalue weighted by atomic mass is 79.9. The molecule has 0 aliphatic rings. The normalized spacial score (nSPS) is 10.7. The number of anilines is 1. The molecule has 0 bridgehead atoms. The predicted octanol–water partition coefficient (Wildman–Crippen LogP) is 4.33. The molecule has 7 heteroatoms. The van der Waals surface area contributed by atoms with Crippen molar-refractivity contribution in [1.29, 1.82) is 0 Å². The second-order valence-corrected chi connectivity index (χ2v) is 5.05. The highest BCUT2D eigenvalue weighted by Crippen LogP contribution is 2.30. The van der Waals surface area contributed by atoms with Crippen LogP contribution in [0, 0.1) is 0 Å². The molecule has 1 aromatic carbocycles. The van der Waals surface area contributed by atoms with E-state index in [0.29, 0.717) is 21.7 Å². The predicted molar refractivity (Wildman–Crippen MR) is 80.6 cm³/mol. The third-order valence-electron chi connectivity index (χ3n) is 2.63. The van der Waals surface area contributed by atoms with E-state index >= 15 is 0 Å². The van der Waals surface area contributed by atoms with E-state index < -0.39 is 6.61 Å². The minimum absolute atomic E-state index is 0.0521. The first-order valence-electron chi connectivity index (χ1n) is 6.42. The number of halogens is 3. The summed E-state index contributed by atoms with van der Waals surface area (Å²) in [6.45, 7) is -0.0989. The maximum Gasteiger partial charge on any atom is 0.387 e. The van der Waals surface area contributed by atoms with Crippen LogP contribution >= 0.6 is 15.9 Å². The van der Waals surface area contributed by atoms with Crippen molar-refractivity contribution in [3.63, 3.8) is 0 Å². The third-order valence-corrected chi connectivity index (χ3v) is 3.21. The van der Waals surface area contributed by atoms with E-state index in [-0.39, 0.29) is 5.75 Å². The molecular formula is C14H14BrF2N3O. The number of alkyl halides is 2. The zero-order valence-electron chi connectivity index (χ0n) is 11.3. The van der Waals surface area contributed by atoms with Crippen LogP contribution in [-0.2, 0) is 0 Å². The number of rotatable bonds is 6. The Morgan fingerprint density at radius 2 is 2.10 bits per heavy atom. The van der Waals surface area contributed by atoms with Crippen molar-refractivity contribution in [2.24, 2.45) is 0 Å². The molecule has 1 N–H and O–H groups in total. The summed E-state index contributed by atoms with van der Waals surface area (Å²) in [6, 6.07) is 6.45. The summed E-state index contributed by atoms with van der Waals surface area (Å²) < 4.78 is 30.1. The second kappa shape index (κ2) is 7.31. The van der Waals surface area contributed by atoms with Crippen molar-refractivity contribution in [3.05, 3.63) is 34.9 Å². The molecule has 0 saturated heterocycles. The quantitative estimate of drug-likeness (QED) is 0.835. The molecule has 2 rings (SSSR count). The lowest BCUT2D eigenvalue weighted by molar-refractivity contribution is -0.0494. The van der Waals surface area contributed by atoms with Gasteiger partial charge in [-0.25, -0.2) is 9.97 Å². The third kappa shape index (κ3) is 4.10. The Balaban J connectivity index is 2.37. The van der Waals surface area contributed by atoms with E-state index in [1.807, 2.05) is 6.92 Å². The Morgan fingerprint density at radius 1 is 1.33 bits per heavy atom. The largest absolute Gasteiger partial charge is 0.434 e. The number of nitrogens with zero attached hydrogens (tertiary/aromatic N) is 2. The number of nitrogens with one attached hydrogen (secondary N) is 1. The average Bonchev–Trinajstić information content (AvgIpc) is 2.46. The molecule has 0 spiro atoms. The Kier molecular flexibility index (Phi) is 5.44. The standard InChI is InChI=1S/C14H14BrF2N3O/c1-2-7-18-13-10(15)8-19-12(20-13)9-5-3-4-6-11(9)21-14(16)17/h3-6,8,14H,2,7H2,1H3,(H,18,19,20). The number of aromatic nitrogens is 2.